The Hall–Kier alpha value is -4.09. The van der Waals surface area contributed by atoms with Crippen molar-refractivity contribution >= 4 is 26.3 Å². The maximum absolute atomic E-state index is 13.7. The lowest BCUT2D eigenvalue weighted by molar-refractivity contribution is -0.151. The van der Waals surface area contributed by atoms with E-state index in [-0.39, 0.29) is 23.1 Å². The Labute approximate surface area is 295 Å². The van der Waals surface area contributed by atoms with Gasteiger partial charge in [-0.3, -0.25) is 4.79 Å². The highest BCUT2D eigenvalue weighted by Gasteiger charge is 2.70. The molecule has 11 heteroatoms. The zero-order valence-electron chi connectivity index (χ0n) is 30.4. The van der Waals surface area contributed by atoms with Crippen LogP contribution in [0.2, 0.25) is 18.1 Å². The largest absolute Gasteiger partial charge is 0.541 e. The molecule has 1 spiro atoms. The highest BCUT2D eigenvalue weighted by Crippen LogP contribution is 2.66. The van der Waals surface area contributed by atoms with Gasteiger partial charge in [0.05, 0.1) is 11.0 Å². The molecule has 0 unspecified atom stereocenters. The number of amides is 1. The van der Waals surface area contributed by atoms with E-state index in [0.717, 1.165) is 17.5 Å². The zero-order valence-corrected chi connectivity index (χ0v) is 31.4. The Bertz CT molecular complexity index is 1750. The molecule has 0 saturated heterocycles. The summed E-state index contributed by atoms with van der Waals surface area (Å²) in [6, 6.07) is 11.4. The van der Waals surface area contributed by atoms with Gasteiger partial charge in [-0.05, 0) is 88.7 Å². The lowest BCUT2D eigenvalue weighted by atomic mass is 9.49. The number of nitrogens with one attached hydrogen (secondary N) is 1. The quantitative estimate of drug-likeness (QED) is 0.170. The number of esters is 1. The lowest BCUT2D eigenvalue weighted by Gasteiger charge is -2.56. The average Bonchev–Trinajstić information content (AvgIpc) is 3.36. The lowest BCUT2D eigenvalue weighted by Crippen LogP contribution is -2.66. The van der Waals surface area contributed by atoms with Crippen molar-refractivity contribution in [2.24, 2.45) is 5.92 Å². The fourth-order valence-electron chi connectivity index (χ4n) is 7.32. The summed E-state index contributed by atoms with van der Waals surface area (Å²) in [6.45, 7) is 17.5. The third-order valence-electron chi connectivity index (χ3n) is 10.8. The highest BCUT2D eigenvalue weighted by molar-refractivity contribution is 6.74. The van der Waals surface area contributed by atoms with Gasteiger partial charge < -0.3 is 33.8 Å². The summed E-state index contributed by atoms with van der Waals surface area (Å²) in [4.78, 5) is 39.8. The molecule has 2 aromatic rings. The van der Waals surface area contributed by atoms with Crippen LogP contribution in [-0.2, 0) is 35.6 Å². The van der Waals surface area contributed by atoms with Crippen LogP contribution in [0.5, 0.6) is 11.5 Å². The van der Waals surface area contributed by atoms with Crippen molar-refractivity contribution in [2.45, 2.75) is 121 Å². The second-order valence-corrected chi connectivity index (χ2v) is 21.2. The van der Waals surface area contributed by atoms with Crippen molar-refractivity contribution in [1.82, 2.24) is 5.32 Å². The summed E-state index contributed by atoms with van der Waals surface area (Å²) < 4.78 is 30.3. The molecule has 0 saturated carbocycles. The van der Waals surface area contributed by atoms with Gasteiger partial charge in [0.25, 0.3) is 14.2 Å². The Morgan fingerprint density at radius 2 is 1.74 bits per heavy atom. The van der Waals surface area contributed by atoms with Gasteiger partial charge in [0.1, 0.15) is 23.2 Å². The minimum absolute atomic E-state index is 0.0455. The number of benzene rings is 2. The summed E-state index contributed by atoms with van der Waals surface area (Å²) in [7, 11) is -2.28. The smallest absolute Gasteiger partial charge is 0.509 e. The molecule has 10 nitrogen and oxygen atoms in total. The van der Waals surface area contributed by atoms with Gasteiger partial charge in [-0.25, -0.2) is 9.59 Å². The molecule has 3 aliphatic carbocycles. The molecular formula is C39H49NO9Si. The normalized spacial score (nSPS) is 26.0. The second kappa shape index (κ2) is 12.3. The molecule has 0 radical (unpaired) electrons. The first kappa shape index (κ1) is 35.7. The van der Waals surface area contributed by atoms with Crippen molar-refractivity contribution in [3.05, 3.63) is 83.1 Å². The molecule has 1 heterocycles. The Morgan fingerprint density at radius 3 is 2.40 bits per heavy atom. The molecule has 6 rings (SSSR count). The van der Waals surface area contributed by atoms with Crippen molar-refractivity contribution in [1.29, 1.82) is 0 Å². The SMILES string of the molecule is C[C@H](NC(=O)[C@@H](OC(=O)OC(C)(C)C)c1ccccc1)C(=O)OC1=CC[C@@]2(O)[C@@H]3CC=C[C@@]24c2c(ccc(O[Si](C)(C)C(C)(C)C)c2O[C@@H]14)C3. The van der Waals surface area contributed by atoms with Crippen molar-refractivity contribution in [3.63, 3.8) is 0 Å². The van der Waals surface area contributed by atoms with Crippen LogP contribution >= 0.6 is 0 Å². The average molecular weight is 704 g/mol. The number of carbonyl (C=O) groups excluding carboxylic acids is 3. The molecule has 2 bridgehead atoms. The van der Waals surface area contributed by atoms with Crippen LogP contribution in [0.25, 0.3) is 0 Å². The molecule has 0 fully saturated rings. The molecule has 1 amide bonds. The van der Waals surface area contributed by atoms with E-state index in [1.165, 1.54) is 6.92 Å². The number of rotatable bonds is 8. The fraction of sp³-hybridized carbons (Fsp3) is 0.513. The van der Waals surface area contributed by atoms with Crippen LogP contribution in [0, 0.1) is 5.92 Å². The third kappa shape index (κ3) is 6.02. The minimum atomic E-state index is -2.28. The zero-order chi connectivity index (χ0) is 36.4. The number of ether oxygens (including phenoxy) is 4. The van der Waals surface area contributed by atoms with Gasteiger partial charge >= 0.3 is 12.1 Å². The second-order valence-electron chi connectivity index (χ2n) is 16.5. The van der Waals surface area contributed by atoms with E-state index >= 15 is 0 Å². The van der Waals surface area contributed by atoms with Crippen LogP contribution in [0.4, 0.5) is 4.79 Å². The maximum Gasteiger partial charge on any atom is 0.509 e. The van der Waals surface area contributed by atoms with Crippen molar-refractivity contribution in [2.75, 3.05) is 0 Å². The van der Waals surface area contributed by atoms with E-state index in [9.17, 15) is 19.5 Å². The van der Waals surface area contributed by atoms with E-state index in [1.807, 2.05) is 12.1 Å². The molecule has 1 aliphatic heterocycles. The highest BCUT2D eigenvalue weighted by atomic mass is 28.4. The first-order chi connectivity index (χ1) is 23.3. The van der Waals surface area contributed by atoms with Crippen LogP contribution in [0.1, 0.15) is 84.1 Å². The summed E-state index contributed by atoms with van der Waals surface area (Å²) >= 11 is 0. The van der Waals surface area contributed by atoms with E-state index in [0.29, 0.717) is 23.5 Å². The van der Waals surface area contributed by atoms with Crippen LogP contribution < -0.4 is 14.5 Å². The number of hydrogen-bond donors (Lipinski definition) is 2. The van der Waals surface area contributed by atoms with Gasteiger partial charge in [-0.15, -0.1) is 0 Å². The van der Waals surface area contributed by atoms with E-state index < -0.39 is 61.2 Å². The number of allylic oxidation sites excluding steroid dienone is 1. The summed E-state index contributed by atoms with van der Waals surface area (Å²) in [5.74, 6) is -0.0314. The van der Waals surface area contributed by atoms with Gasteiger partial charge in [0.15, 0.2) is 11.9 Å². The van der Waals surface area contributed by atoms with E-state index in [2.05, 4.69) is 51.3 Å². The topological polar surface area (TPSA) is 130 Å². The van der Waals surface area contributed by atoms with Crippen LogP contribution in [0.3, 0.4) is 0 Å². The summed E-state index contributed by atoms with van der Waals surface area (Å²) in [5, 5.41) is 15.1. The Morgan fingerprint density at radius 1 is 1.04 bits per heavy atom. The molecule has 4 aliphatic rings. The Balaban J connectivity index is 1.26. The van der Waals surface area contributed by atoms with E-state index in [1.54, 1.807) is 57.2 Å². The third-order valence-corrected chi connectivity index (χ3v) is 15.2. The predicted octanol–water partition coefficient (Wildman–Crippen LogP) is 6.96. The van der Waals surface area contributed by atoms with Crippen LogP contribution in [0.15, 0.2) is 66.5 Å². The molecule has 50 heavy (non-hydrogen) atoms. The van der Waals surface area contributed by atoms with Crippen LogP contribution in [-0.4, -0.2) is 54.8 Å². The first-order valence-corrected chi connectivity index (χ1v) is 20.3. The predicted molar refractivity (Wildman–Crippen MR) is 189 cm³/mol. The monoisotopic (exact) mass is 703 g/mol. The summed E-state index contributed by atoms with van der Waals surface area (Å²) in [6.07, 6.45) is 4.32. The van der Waals surface area contributed by atoms with Crippen molar-refractivity contribution in [3.8, 4) is 11.5 Å². The molecule has 2 aromatic carbocycles. The minimum Gasteiger partial charge on any atom is -0.541 e. The van der Waals surface area contributed by atoms with Gasteiger partial charge in [-0.1, -0.05) is 69.3 Å². The number of hydrogen-bond acceptors (Lipinski definition) is 9. The first-order valence-electron chi connectivity index (χ1n) is 17.4. The fourth-order valence-corrected chi connectivity index (χ4v) is 8.34. The summed E-state index contributed by atoms with van der Waals surface area (Å²) in [5.41, 5.74) is -0.586. The molecule has 0 aromatic heterocycles. The molecule has 2 N–H and O–H groups in total. The standard InChI is InChI=1S/C39H49NO9Si/c1-23(40-33(41)30(24-14-11-10-12-15-24)47-35(43)48-36(2,3)4)34(42)45-28-19-21-39(44)26-16-13-20-38(39)29-25(22-26)17-18-27(31(29)46-32(28)38)49-50(8,9)37(5,6)7/h10-15,17-20,23,26,30,32,44H,16,21-22H2,1-9H3,(H,40,41)/t23-,26+,30-,32-,38-,39+/m0/s1. The molecule has 268 valence electrons. The maximum atomic E-state index is 13.7. The van der Waals surface area contributed by atoms with Gasteiger partial charge in [0, 0.05) is 11.1 Å². The molecule has 6 atom stereocenters. The van der Waals surface area contributed by atoms with E-state index in [4.69, 9.17) is 23.4 Å². The molecular weight excluding hydrogens is 655 g/mol. The number of aliphatic hydroxyl groups is 1. The Kier molecular flexibility index (Phi) is 8.79. The number of carbonyl (C=O) groups is 3. The van der Waals surface area contributed by atoms with Crippen molar-refractivity contribution < 1.29 is 42.9 Å². The van der Waals surface area contributed by atoms with Gasteiger partial charge in [-0.2, -0.15) is 0 Å². The van der Waals surface area contributed by atoms with Gasteiger partial charge in [0.2, 0.25) is 6.10 Å².